The average Bonchev–Trinajstić information content (AvgIpc) is 2.74. The number of hydrogen-bond acceptors (Lipinski definition) is 4. The molecule has 25 heavy (non-hydrogen) atoms. The zero-order valence-electron chi connectivity index (χ0n) is 15.6. The van der Waals surface area contributed by atoms with Crippen molar-refractivity contribution in [3.8, 4) is 0 Å². The highest BCUT2D eigenvalue weighted by molar-refractivity contribution is 9.10. The molecule has 2 heterocycles. The van der Waals surface area contributed by atoms with Crippen LogP contribution in [0.1, 0.15) is 50.3 Å². The molecule has 2 amide bonds. The molecule has 0 saturated carbocycles. The number of amides is 2. The Morgan fingerprint density at radius 1 is 1.32 bits per heavy atom. The average molecular weight is 414 g/mol. The third kappa shape index (κ3) is 4.41. The van der Waals surface area contributed by atoms with E-state index in [1.165, 1.54) is 0 Å². The molecule has 140 valence electrons. The lowest BCUT2D eigenvalue weighted by Gasteiger charge is -2.29. The first-order valence-electron chi connectivity index (χ1n) is 8.68. The lowest BCUT2D eigenvalue weighted by atomic mass is 9.86. The highest BCUT2D eigenvalue weighted by Crippen LogP contribution is 2.24. The van der Waals surface area contributed by atoms with Crippen molar-refractivity contribution in [3.63, 3.8) is 0 Å². The predicted octanol–water partition coefficient (Wildman–Crippen LogP) is 1.76. The minimum atomic E-state index is -0.630. The number of imidazole rings is 1. The van der Waals surface area contributed by atoms with E-state index in [0.29, 0.717) is 17.0 Å². The van der Waals surface area contributed by atoms with Crippen LogP contribution < -0.4 is 10.6 Å². The summed E-state index contributed by atoms with van der Waals surface area (Å²) in [6.07, 6.45) is 1.01. The summed E-state index contributed by atoms with van der Waals surface area (Å²) < 4.78 is 2.72. The molecule has 7 nitrogen and oxygen atoms in total. The molecule has 0 saturated heterocycles. The molecule has 1 aliphatic rings. The van der Waals surface area contributed by atoms with Crippen LogP contribution in [0, 0.1) is 5.41 Å². The first-order valence-corrected chi connectivity index (χ1v) is 9.48. The molecule has 0 radical (unpaired) electrons. The Morgan fingerprint density at radius 3 is 2.56 bits per heavy atom. The number of nitrogens with one attached hydrogen (secondary N) is 2. The quantitative estimate of drug-likeness (QED) is 0.787. The second-order valence-electron chi connectivity index (χ2n) is 7.44. The van der Waals surface area contributed by atoms with Crippen LogP contribution in [0.25, 0.3) is 0 Å². The number of nitrogens with zero attached hydrogens (tertiary/aromatic N) is 3. The van der Waals surface area contributed by atoms with E-state index in [4.69, 9.17) is 0 Å². The van der Waals surface area contributed by atoms with Gasteiger partial charge in [0.15, 0.2) is 10.4 Å². The van der Waals surface area contributed by atoms with E-state index in [1.54, 1.807) is 7.05 Å². The Morgan fingerprint density at radius 2 is 2.00 bits per heavy atom. The molecular weight excluding hydrogens is 386 g/mol. The zero-order valence-corrected chi connectivity index (χ0v) is 17.2. The highest BCUT2D eigenvalue weighted by Gasteiger charge is 2.34. The smallest absolute Gasteiger partial charge is 0.272 e. The van der Waals surface area contributed by atoms with Crippen molar-refractivity contribution in [1.29, 1.82) is 0 Å². The van der Waals surface area contributed by atoms with Crippen LogP contribution in [-0.2, 0) is 17.9 Å². The van der Waals surface area contributed by atoms with Gasteiger partial charge in [-0.2, -0.15) is 0 Å². The van der Waals surface area contributed by atoms with Gasteiger partial charge in [-0.25, -0.2) is 4.98 Å². The number of fused-ring (bicyclic) bond motifs is 1. The summed E-state index contributed by atoms with van der Waals surface area (Å²) in [6, 6.07) is -0.630. The van der Waals surface area contributed by atoms with Crippen molar-refractivity contribution in [3.05, 3.63) is 16.1 Å². The van der Waals surface area contributed by atoms with E-state index in [1.807, 2.05) is 20.8 Å². The largest absolute Gasteiger partial charge is 0.357 e. The Bertz CT molecular complexity index is 650. The van der Waals surface area contributed by atoms with Crippen LogP contribution in [0.15, 0.2) is 4.73 Å². The second-order valence-corrected chi connectivity index (χ2v) is 8.15. The Hall–Kier alpha value is -1.41. The fourth-order valence-electron chi connectivity index (χ4n) is 3.06. The maximum Gasteiger partial charge on any atom is 0.272 e. The van der Waals surface area contributed by atoms with Gasteiger partial charge in [-0.15, -0.1) is 0 Å². The number of carbonyl (C=O) groups excluding carboxylic acids is 2. The SMILES string of the molecule is CCN1CCCn2c(Br)nc(C(=O)NC(C(=O)NC)C(C)(C)C)c2C1. The Labute approximate surface area is 157 Å². The van der Waals surface area contributed by atoms with Crippen LogP contribution in [-0.4, -0.2) is 52.4 Å². The summed E-state index contributed by atoms with van der Waals surface area (Å²) in [5.74, 6) is -0.517. The lowest BCUT2D eigenvalue weighted by molar-refractivity contribution is -0.124. The summed E-state index contributed by atoms with van der Waals surface area (Å²) in [4.78, 5) is 31.8. The monoisotopic (exact) mass is 413 g/mol. The summed E-state index contributed by atoms with van der Waals surface area (Å²) in [7, 11) is 1.57. The van der Waals surface area contributed by atoms with Crippen molar-refractivity contribution in [2.45, 2.75) is 53.2 Å². The van der Waals surface area contributed by atoms with Gasteiger partial charge >= 0.3 is 0 Å². The molecule has 1 aromatic rings. The van der Waals surface area contributed by atoms with E-state index in [0.717, 1.165) is 31.7 Å². The number of hydrogen-bond donors (Lipinski definition) is 2. The van der Waals surface area contributed by atoms with Gasteiger partial charge in [-0.1, -0.05) is 27.7 Å². The predicted molar refractivity (Wildman–Crippen MR) is 100 cm³/mol. The molecule has 0 aliphatic carbocycles. The maximum absolute atomic E-state index is 12.9. The summed E-state index contributed by atoms with van der Waals surface area (Å²) in [6.45, 7) is 11.3. The standard InChI is InChI=1S/C17H28BrN5O2/c1-6-22-8-7-9-23-11(10-22)12(20-16(23)18)14(24)21-13(15(25)19-5)17(2,3)4/h13H,6-10H2,1-5H3,(H,19,25)(H,21,24). The summed E-state index contributed by atoms with van der Waals surface area (Å²) in [5.41, 5.74) is 0.887. The van der Waals surface area contributed by atoms with Gasteiger partial charge < -0.3 is 15.2 Å². The van der Waals surface area contributed by atoms with Crippen LogP contribution in [0.2, 0.25) is 0 Å². The van der Waals surface area contributed by atoms with Crippen molar-refractivity contribution in [2.75, 3.05) is 20.1 Å². The Balaban J connectivity index is 2.32. The van der Waals surface area contributed by atoms with E-state index in [-0.39, 0.29) is 11.8 Å². The van der Waals surface area contributed by atoms with Crippen LogP contribution in [0.5, 0.6) is 0 Å². The van der Waals surface area contributed by atoms with Gasteiger partial charge in [-0.05, 0) is 34.3 Å². The van der Waals surface area contributed by atoms with Gasteiger partial charge in [0.25, 0.3) is 5.91 Å². The molecule has 1 atom stereocenters. The minimum absolute atomic E-state index is 0.208. The number of aromatic nitrogens is 2. The van der Waals surface area contributed by atoms with Crippen molar-refractivity contribution < 1.29 is 9.59 Å². The summed E-state index contributed by atoms with van der Waals surface area (Å²) >= 11 is 3.47. The maximum atomic E-state index is 12.9. The first-order chi connectivity index (χ1) is 11.7. The molecular formula is C17H28BrN5O2. The van der Waals surface area contributed by atoms with Gasteiger partial charge in [-0.3, -0.25) is 14.5 Å². The molecule has 0 aromatic carbocycles. The molecule has 0 bridgehead atoms. The third-order valence-corrected chi connectivity index (χ3v) is 5.17. The van der Waals surface area contributed by atoms with Crippen LogP contribution in [0.4, 0.5) is 0 Å². The van der Waals surface area contributed by atoms with Gasteiger partial charge in [0.05, 0.1) is 5.69 Å². The van der Waals surface area contributed by atoms with Crippen LogP contribution in [0.3, 0.4) is 0 Å². The normalized spacial score (nSPS) is 16.7. The van der Waals surface area contributed by atoms with E-state index in [9.17, 15) is 9.59 Å². The molecule has 0 fully saturated rings. The molecule has 1 aliphatic heterocycles. The number of rotatable bonds is 4. The minimum Gasteiger partial charge on any atom is -0.357 e. The second kappa shape index (κ2) is 7.86. The van der Waals surface area contributed by atoms with E-state index < -0.39 is 11.5 Å². The molecule has 2 N–H and O–H groups in total. The zero-order chi connectivity index (χ0) is 18.8. The highest BCUT2D eigenvalue weighted by atomic mass is 79.9. The molecule has 1 unspecified atom stereocenters. The lowest BCUT2D eigenvalue weighted by Crippen LogP contribution is -2.53. The fraction of sp³-hybridized carbons (Fsp3) is 0.706. The summed E-state index contributed by atoms with van der Waals surface area (Å²) in [5, 5.41) is 5.50. The van der Waals surface area contributed by atoms with Crippen LogP contribution >= 0.6 is 15.9 Å². The molecule has 0 spiro atoms. The number of likely N-dealkylation sites (N-methyl/N-ethyl adjacent to an activating group) is 1. The van der Waals surface area contributed by atoms with Crippen molar-refractivity contribution in [1.82, 2.24) is 25.1 Å². The number of carbonyl (C=O) groups is 2. The fourth-order valence-corrected chi connectivity index (χ4v) is 3.63. The van der Waals surface area contributed by atoms with Gasteiger partial charge in [0.2, 0.25) is 5.91 Å². The molecule has 8 heteroatoms. The Kier molecular flexibility index (Phi) is 6.26. The van der Waals surface area contributed by atoms with Crippen molar-refractivity contribution in [2.24, 2.45) is 5.41 Å². The molecule has 1 aromatic heterocycles. The molecule has 2 rings (SSSR count). The third-order valence-electron chi connectivity index (χ3n) is 4.57. The van der Waals surface area contributed by atoms with Gasteiger partial charge in [0, 0.05) is 26.7 Å². The topological polar surface area (TPSA) is 79.3 Å². The number of halogens is 1. The first kappa shape index (κ1) is 19.9. The van der Waals surface area contributed by atoms with Crippen molar-refractivity contribution >= 4 is 27.7 Å². The van der Waals surface area contributed by atoms with E-state index >= 15 is 0 Å². The van der Waals surface area contributed by atoms with E-state index in [2.05, 4.69) is 47.9 Å². The van der Waals surface area contributed by atoms with Gasteiger partial charge in [0.1, 0.15) is 6.04 Å².